The molecule has 6 heteroatoms. The Kier molecular flexibility index (Phi) is 6.99. The van der Waals surface area contributed by atoms with Gasteiger partial charge in [0.05, 0.1) is 0 Å². The summed E-state index contributed by atoms with van der Waals surface area (Å²) in [5, 5.41) is 4.07. The van der Waals surface area contributed by atoms with E-state index >= 15 is 0 Å². The van der Waals surface area contributed by atoms with Gasteiger partial charge in [0, 0.05) is 18.5 Å². The molecular weight excluding hydrogens is 324 g/mol. The molecular formula is C18H26N2O3S. The van der Waals surface area contributed by atoms with Crippen molar-refractivity contribution in [2.75, 3.05) is 13.1 Å². The van der Waals surface area contributed by atoms with Crippen molar-refractivity contribution < 1.29 is 13.2 Å². The molecule has 0 bridgehead atoms. The molecule has 2 rings (SSSR count). The molecule has 132 valence electrons. The second-order valence-corrected chi connectivity index (χ2v) is 7.80. The Balaban J connectivity index is 2.10. The monoisotopic (exact) mass is 350 g/mol. The lowest BCUT2D eigenvalue weighted by molar-refractivity contribution is -0.125. The van der Waals surface area contributed by atoms with Crippen LogP contribution in [-0.2, 0) is 14.8 Å². The topological polar surface area (TPSA) is 66.5 Å². The lowest BCUT2D eigenvalue weighted by atomic mass is 10.0. The molecule has 1 aliphatic rings. The lowest BCUT2D eigenvalue weighted by Gasteiger charge is -2.32. The summed E-state index contributed by atoms with van der Waals surface area (Å²) < 4.78 is 26.7. The fourth-order valence-electron chi connectivity index (χ4n) is 2.78. The number of hydrogen-bond donors (Lipinski definition) is 1. The van der Waals surface area contributed by atoms with Crippen LogP contribution in [0.1, 0.15) is 44.6 Å². The van der Waals surface area contributed by atoms with E-state index < -0.39 is 16.1 Å². The van der Waals surface area contributed by atoms with Crippen LogP contribution in [0.5, 0.6) is 0 Å². The van der Waals surface area contributed by atoms with Gasteiger partial charge in [0.2, 0.25) is 15.9 Å². The summed E-state index contributed by atoms with van der Waals surface area (Å²) in [4.78, 5) is 12.4. The first-order valence-corrected chi connectivity index (χ1v) is 10.1. The van der Waals surface area contributed by atoms with Crippen LogP contribution in [0, 0.1) is 0 Å². The lowest BCUT2D eigenvalue weighted by Crippen LogP contribution is -2.51. The molecule has 1 aromatic carbocycles. The van der Waals surface area contributed by atoms with E-state index in [1.165, 1.54) is 9.71 Å². The summed E-state index contributed by atoms with van der Waals surface area (Å²) in [6, 6.07) is 8.69. The number of sulfonamides is 1. The molecule has 0 aromatic heterocycles. The van der Waals surface area contributed by atoms with Crippen LogP contribution in [0.2, 0.25) is 0 Å². The SMILES string of the molecule is CCCCNC(=O)[C@@H]1CCCCN1S(=O)(=O)/C=C/c1ccccc1. The number of nitrogens with zero attached hydrogens (tertiary/aromatic N) is 1. The van der Waals surface area contributed by atoms with Crippen LogP contribution in [0.15, 0.2) is 35.7 Å². The van der Waals surface area contributed by atoms with Gasteiger partial charge in [0.15, 0.2) is 0 Å². The van der Waals surface area contributed by atoms with Crippen LogP contribution < -0.4 is 5.32 Å². The van der Waals surface area contributed by atoms with Crippen molar-refractivity contribution in [3.05, 3.63) is 41.3 Å². The molecule has 0 spiro atoms. The number of carbonyl (C=O) groups is 1. The van der Waals surface area contributed by atoms with Crippen LogP contribution >= 0.6 is 0 Å². The molecule has 0 aliphatic carbocycles. The number of benzene rings is 1. The zero-order chi connectivity index (χ0) is 17.4. The van der Waals surface area contributed by atoms with Gasteiger partial charge in [-0.3, -0.25) is 4.79 Å². The van der Waals surface area contributed by atoms with E-state index in [1.54, 1.807) is 6.08 Å². The van der Waals surface area contributed by atoms with Crippen molar-refractivity contribution in [2.24, 2.45) is 0 Å². The van der Waals surface area contributed by atoms with Gasteiger partial charge in [0.25, 0.3) is 0 Å². The van der Waals surface area contributed by atoms with Crippen molar-refractivity contribution in [2.45, 2.75) is 45.1 Å². The predicted octanol–water partition coefficient (Wildman–Crippen LogP) is 2.76. The Bertz CT molecular complexity index is 656. The molecule has 0 radical (unpaired) electrons. The summed E-state index contributed by atoms with van der Waals surface area (Å²) in [7, 11) is -3.61. The molecule has 1 amide bonds. The van der Waals surface area contributed by atoms with Crippen molar-refractivity contribution in [3.8, 4) is 0 Å². The fraction of sp³-hybridized carbons (Fsp3) is 0.500. The van der Waals surface area contributed by atoms with Gasteiger partial charge in [-0.15, -0.1) is 0 Å². The van der Waals surface area contributed by atoms with E-state index in [2.05, 4.69) is 12.2 Å². The molecule has 1 heterocycles. The smallest absolute Gasteiger partial charge is 0.238 e. The number of amides is 1. The van der Waals surface area contributed by atoms with E-state index in [0.29, 0.717) is 19.5 Å². The van der Waals surface area contributed by atoms with Gasteiger partial charge in [-0.25, -0.2) is 8.42 Å². The third-order valence-electron chi connectivity index (χ3n) is 4.14. The Morgan fingerprint density at radius 1 is 1.29 bits per heavy atom. The van der Waals surface area contributed by atoms with Crippen LogP contribution in [0.25, 0.3) is 6.08 Å². The van der Waals surface area contributed by atoms with Crippen molar-refractivity contribution in [1.29, 1.82) is 0 Å². The van der Waals surface area contributed by atoms with Gasteiger partial charge in [-0.05, 0) is 30.9 Å². The Labute approximate surface area is 144 Å². The van der Waals surface area contributed by atoms with Gasteiger partial charge in [-0.1, -0.05) is 50.1 Å². The number of hydrogen-bond acceptors (Lipinski definition) is 3. The third kappa shape index (κ3) is 5.18. The molecule has 1 aliphatic heterocycles. The summed E-state index contributed by atoms with van der Waals surface area (Å²) in [6.07, 6.45) is 5.72. The Morgan fingerprint density at radius 3 is 2.75 bits per heavy atom. The van der Waals surface area contributed by atoms with Crippen LogP contribution in [-0.4, -0.2) is 37.8 Å². The highest BCUT2D eigenvalue weighted by atomic mass is 32.2. The molecule has 1 aromatic rings. The zero-order valence-corrected chi connectivity index (χ0v) is 15.0. The van der Waals surface area contributed by atoms with Gasteiger partial charge >= 0.3 is 0 Å². The first-order valence-electron chi connectivity index (χ1n) is 8.57. The number of piperidine rings is 1. The molecule has 0 saturated carbocycles. The normalized spacial score (nSPS) is 19.5. The molecule has 5 nitrogen and oxygen atoms in total. The highest BCUT2D eigenvalue weighted by Crippen LogP contribution is 2.22. The highest BCUT2D eigenvalue weighted by Gasteiger charge is 2.35. The van der Waals surface area contributed by atoms with Gasteiger partial charge < -0.3 is 5.32 Å². The fourth-order valence-corrected chi connectivity index (χ4v) is 4.21. The van der Waals surface area contributed by atoms with E-state index in [9.17, 15) is 13.2 Å². The number of carbonyl (C=O) groups excluding carboxylic acids is 1. The Hall–Kier alpha value is -1.66. The standard InChI is InChI=1S/C18H26N2O3S/c1-2-3-13-19-18(21)17-11-7-8-14-20(17)24(22,23)15-12-16-9-5-4-6-10-16/h4-6,9-10,12,15,17H,2-3,7-8,11,13-14H2,1H3,(H,19,21)/b15-12+/t17-/m0/s1. The highest BCUT2D eigenvalue weighted by molar-refractivity contribution is 7.92. The average Bonchev–Trinajstić information content (AvgIpc) is 2.61. The van der Waals surface area contributed by atoms with E-state index in [-0.39, 0.29) is 5.91 Å². The second kappa shape index (κ2) is 8.99. The minimum absolute atomic E-state index is 0.181. The Morgan fingerprint density at radius 2 is 2.04 bits per heavy atom. The first-order chi connectivity index (χ1) is 11.5. The maximum absolute atomic E-state index is 12.7. The zero-order valence-electron chi connectivity index (χ0n) is 14.1. The largest absolute Gasteiger partial charge is 0.355 e. The molecule has 24 heavy (non-hydrogen) atoms. The third-order valence-corrected chi connectivity index (χ3v) is 5.72. The van der Waals surface area contributed by atoms with Gasteiger partial charge in [0.1, 0.15) is 6.04 Å². The minimum atomic E-state index is -3.61. The average molecular weight is 350 g/mol. The van der Waals surface area contributed by atoms with Gasteiger partial charge in [-0.2, -0.15) is 4.31 Å². The van der Waals surface area contributed by atoms with Crippen LogP contribution in [0.3, 0.4) is 0 Å². The molecule has 1 fully saturated rings. The summed E-state index contributed by atoms with van der Waals surface area (Å²) in [5.74, 6) is -0.181. The summed E-state index contributed by atoms with van der Waals surface area (Å²) in [6.45, 7) is 3.05. The maximum atomic E-state index is 12.7. The summed E-state index contributed by atoms with van der Waals surface area (Å²) in [5.41, 5.74) is 0.821. The van der Waals surface area contributed by atoms with Crippen molar-refractivity contribution >= 4 is 22.0 Å². The predicted molar refractivity (Wildman–Crippen MR) is 96.7 cm³/mol. The van der Waals surface area contributed by atoms with E-state index in [0.717, 1.165) is 31.2 Å². The first kappa shape index (κ1) is 18.7. The second-order valence-electron chi connectivity index (χ2n) is 6.03. The number of unbranched alkanes of at least 4 members (excludes halogenated alkanes) is 1. The quantitative estimate of drug-likeness (QED) is 0.769. The summed E-state index contributed by atoms with van der Waals surface area (Å²) >= 11 is 0. The minimum Gasteiger partial charge on any atom is -0.355 e. The molecule has 1 N–H and O–H groups in total. The number of rotatable bonds is 7. The van der Waals surface area contributed by atoms with Crippen molar-refractivity contribution in [1.82, 2.24) is 9.62 Å². The number of nitrogens with one attached hydrogen (secondary N) is 1. The molecule has 1 saturated heterocycles. The van der Waals surface area contributed by atoms with E-state index in [4.69, 9.17) is 0 Å². The van der Waals surface area contributed by atoms with Crippen LogP contribution in [0.4, 0.5) is 0 Å². The molecule has 1 atom stereocenters. The van der Waals surface area contributed by atoms with Crippen molar-refractivity contribution in [3.63, 3.8) is 0 Å². The van der Waals surface area contributed by atoms with E-state index in [1.807, 2.05) is 30.3 Å². The maximum Gasteiger partial charge on any atom is 0.238 e. The molecule has 0 unspecified atom stereocenters.